The third-order valence-electron chi connectivity index (χ3n) is 4.90. The Bertz CT molecular complexity index is 1190. The van der Waals surface area contributed by atoms with Crippen LogP contribution < -0.4 is 20.3 Å². The van der Waals surface area contributed by atoms with Gasteiger partial charge in [0.2, 0.25) is 5.69 Å². The lowest BCUT2D eigenvalue weighted by molar-refractivity contribution is -0.123. The van der Waals surface area contributed by atoms with Crippen LogP contribution in [0.4, 0.5) is 0 Å². The predicted molar refractivity (Wildman–Crippen MR) is 126 cm³/mol. The number of carbonyl (C=O) groups excluding carboxylic acids is 2. The fraction of sp³-hybridized carbons (Fsp3) is 0.280. The Hall–Kier alpha value is -4.14. The van der Waals surface area contributed by atoms with Gasteiger partial charge in [0.15, 0.2) is 12.4 Å². The first-order valence-corrected chi connectivity index (χ1v) is 10.8. The molecule has 1 amide bonds. The van der Waals surface area contributed by atoms with Gasteiger partial charge in [-0.25, -0.2) is 4.79 Å². The number of nitrogens with zero attached hydrogens (tertiary/aromatic N) is 2. The maximum Gasteiger partial charge on any atom is 0.362 e. The molecular weight excluding hydrogens is 438 g/mol. The Morgan fingerprint density at radius 1 is 1.06 bits per heavy atom. The summed E-state index contributed by atoms with van der Waals surface area (Å²) in [4.78, 5) is 37.3. The van der Waals surface area contributed by atoms with Gasteiger partial charge in [-0.3, -0.25) is 9.59 Å². The zero-order valence-corrected chi connectivity index (χ0v) is 19.4. The second-order valence-corrected chi connectivity index (χ2v) is 7.40. The number of hydrogen-bond donors (Lipinski definition) is 1. The van der Waals surface area contributed by atoms with Crippen LogP contribution in [0, 0.1) is 6.92 Å². The van der Waals surface area contributed by atoms with E-state index in [4.69, 9.17) is 14.2 Å². The maximum absolute atomic E-state index is 12.6. The molecule has 1 N–H and O–H groups in total. The summed E-state index contributed by atoms with van der Waals surface area (Å²) in [7, 11) is 1.60. The molecule has 0 radical (unpaired) electrons. The minimum Gasteiger partial charge on any atom is -0.497 e. The van der Waals surface area contributed by atoms with Crippen LogP contribution in [0.2, 0.25) is 0 Å². The number of hydrogen-bond acceptors (Lipinski definition) is 7. The molecule has 0 spiro atoms. The lowest BCUT2D eigenvalue weighted by Gasteiger charge is -2.13. The van der Waals surface area contributed by atoms with Crippen molar-refractivity contribution in [2.24, 2.45) is 0 Å². The summed E-state index contributed by atoms with van der Waals surface area (Å²) in [6.07, 6.45) is 0.623. The van der Waals surface area contributed by atoms with Gasteiger partial charge < -0.3 is 19.5 Å². The number of methoxy groups -OCH3 is 1. The maximum atomic E-state index is 12.6. The largest absolute Gasteiger partial charge is 0.497 e. The second-order valence-electron chi connectivity index (χ2n) is 7.40. The number of esters is 1. The van der Waals surface area contributed by atoms with Crippen LogP contribution in [0.5, 0.6) is 11.5 Å². The molecular formula is C25H27N3O6. The number of aryl methyl sites for hydroxylation is 1. The Kier molecular flexibility index (Phi) is 8.39. The van der Waals surface area contributed by atoms with Crippen molar-refractivity contribution in [1.82, 2.24) is 15.1 Å². The number of aromatic nitrogens is 2. The minimum absolute atomic E-state index is 0.114. The van der Waals surface area contributed by atoms with Gasteiger partial charge in [-0.15, -0.1) is 0 Å². The van der Waals surface area contributed by atoms with Crippen molar-refractivity contribution in [3.63, 3.8) is 0 Å². The van der Waals surface area contributed by atoms with Crippen molar-refractivity contribution in [2.45, 2.75) is 20.3 Å². The highest BCUT2D eigenvalue weighted by Gasteiger charge is 2.20. The van der Waals surface area contributed by atoms with E-state index in [1.807, 2.05) is 43.3 Å². The van der Waals surface area contributed by atoms with E-state index < -0.39 is 17.4 Å². The highest BCUT2D eigenvalue weighted by atomic mass is 16.5. The first kappa shape index (κ1) is 24.5. The quantitative estimate of drug-likeness (QED) is 0.458. The van der Waals surface area contributed by atoms with Gasteiger partial charge in [-0.05, 0) is 50.1 Å². The minimum atomic E-state index is -0.752. The summed E-state index contributed by atoms with van der Waals surface area (Å²) in [6.45, 7) is 3.71. The molecule has 9 nitrogen and oxygen atoms in total. The topological polar surface area (TPSA) is 109 Å². The average molecular weight is 466 g/mol. The number of carbonyl (C=O) groups is 2. The van der Waals surface area contributed by atoms with Crippen LogP contribution in [0.25, 0.3) is 5.69 Å². The van der Waals surface area contributed by atoms with Gasteiger partial charge in [0.05, 0.1) is 25.5 Å². The highest BCUT2D eigenvalue weighted by molar-refractivity contribution is 5.90. The zero-order chi connectivity index (χ0) is 24.5. The first-order valence-electron chi connectivity index (χ1n) is 10.8. The van der Waals surface area contributed by atoms with E-state index in [0.717, 1.165) is 27.6 Å². The lowest BCUT2D eigenvalue weighted by Crippen LogP contribution is -2.32. The Morgan fingerprint density at radius 2 is 1.76 bits per heavy atom. The highest BCUT2D eigenvalue weighted by Crippen LogP contribution is 2.17. The van der Waals surface area contributed by atoms with E-state index in [0.29, 0.717) is 18.7 Å². The number of amides is 1. The van der Waals surface area contributed by atoms with Crippen LogP contribution in [0.1, 0.15) is 28.5 Å². The number of rotatable bonds is 10. The standard InChI is InChI=1S/C25H27N3O6/c1-4-33-25(31)24-21(15-23(30)28(27-24)19-9-5-17(2)6-10-19)34-16-22(29)26-14-13-18-7-11-20(32-3)12-8-18/h5-12,15H,4,13-14,16H2,1-3H3,(H,26,29). The van der Waals surface area contributed by atoms with Gasteiger partial charge in [0.25, 0.3) is 11.5 Å². The van der Waals surface area contributed by atoms with Crippen LogP contribution in [-0.2, 0) is 16.0 Å². The van der Waals surface area contributed by atoms with Crippen LogP contribution >= 0.6 is 0 Å². The van der Waals surface area contributed by atoms with Gasteiger partial charge in [-0.2, -0.15) is 9.78 Å². The predicted octanol–water partition coefficient (Wildman–Crippen LogP) is 2.46. The van der Waals surface area contributed by atoms with Crippen molar-refractivity contribution >= 4 is 11.9 Å². The van der Waals surface area contributed by atoms with E-state index in [-0.39, 0.29) is 24.7 Å². The Balaban J connectivity index is 1.67. The van der Waals surface area contributed by atoms with Crippen molar-refractivity contribution in [3.8, 4) is 17.2 Å². The number of ether oxygens (including phenoxy) is 3. The van der Waals surface area contributed by atoms with E-state index in [1.165, 1.54) is 0 Å². The van der Waals surface area contributed by atoms with Crippen LogP contribution in [-0.4, -0.2) is 48.5 Å². The molecule has 1 aromatic heterocycles. The monoisotopic (exact) mass is 465 g/mol. The van der Waals surface area contributed by atoms with E-state index in [9.17, 15) is 14.4 Å². The third kappa shape index (κ3) is 6.44. The molecule has 0 saturated heterocycles. The summed E-state index contributed by atoms with van der Waals surface area (Å²) in [5.41, 5.74) is 1.85. The number of benzene rings is 2. The summed E-state index contributed by atoms with van der Waals surface area (Å²) in [6, 6.07) is 15.8. The van der Waals surface area contributed by atoms with Crippen molar-refractivity contribution in [2.75, 3.05) is 26.9 Å². The number of nitrogens with one attached hydrogen (secondary N) is 1. The lowest BCUT2D eigenvalue weighted by atomic mass is 10.1. The molecule has 1 heterocycles. The molecule has 0 saturated carbocycles. The second kappa shape index (κ2) is 11.6. The molecule has 0 unspecified atom stereocenters. The summed E-state index contributed by atoms with van der Waals surface area (Å²) in [5.74, 6) is -0.502. The van der Waals surface area contributed by atoms with Crippen molar-refractivity contribution < 1.29 is 23.8 Å². The Morgan fingerprint density at radius 3 is 2.41 bits per heavy atom. The van der Waals surface area contributed by atoms with Crippen molar-refractivity contribution in [1.29, 1.82) is 0 Å². The molecule has 0 aliphatic carbocycles. The molecule has 0 bridgehead atoms. The molecule has 9 heteroatoms. The molecule has 0 aliphatic rings. The molecule has 178 valence electrons. The third-order valence-corrected chi connectivity index (χ3v) is 4.90. The SMILES string of the molecule is CCOC(=O)c1nn(-c2ccc(C)cc2)c(=O)cc1OCC(=O)NCCc1ccc(OC)cc1. The molecule has 3 rings (SSSR count). The van der Waals surface area contributed by atoms with Crippen LogP contribution in [0.15, 0.2) is 59.4 Å². The summed E-state index contributed by atoms with van der Waals surface area (Å²) < 4.78 is 16.8. The Labute approximate surface area is 197 Å². The van der Waals surface area contributed by atoms with Crippen LogP contribution in [0.3, 0.4) is 0 Å². The molecule has 0 aliphatic heterocycles. The van der Waals surface area contributed by atoms with Crippen molar-refractivity contribution in [3.05, 3.63) is 81.8 Å². The van der Waals surface area contributed by atoms with Gasteiger partial charge >= 0.3 is 5.97 Å². The van der Waals surface area contributed by atoms with E-state index >= 15 is 0 Å². The summed E-state index contributed by atoms with van der Waals surface area (Å²) in [5, 5.41) is 6.89. The smallest absolute Gasteiger partial charge is 0.362 e. The molecule has 2 aromatic carbocycles. The average Bonchev–Trinajstić information content (AvgIpc) is 2.84. The van der Waals surface area contributed by atoms with E-state index in [2.05, 4.69) is 10.4 Å². The molecule has 3 aromatic rings. The first-order chi connectivity index (χ1) is 16.4. The normalized spacial score (nSPS) is 10.4. The fourth-order valence-corrected chi connectivity index (χ4v) is 3.09. The fourth-order valence-electron chi connectivity index (χ4n) is 3.09. The molecule has 34 heavy (non-hydrogen) atoms. The zero-order valence-electron chi connectivity index (χ0n) is 19.4. The molecule has 0 atom stereocenters. The van der Waals surface area contributed by atoms with Gasteiger partial charge in [-0.1, -0.05) is 29.8 Å². The van der Waals surface area contributed by atoms with Gasteiger partial charge in [0.1, 0.15) is 5.75 Å². The molecule has 0 fully saturated rings. The van der Waals surface area contributed by atoms with E-state index in [1.54, 1.807) is 26.2 Å². The van der Waals surface area contributed by atoms with Gasteiger partial charge in [0, 0.05) is 6.54 Å². The summed E-state index contributed by atoms with van der Waals surface area (Å²) >= 11 is 0.